The molecule has 0 spiro atoms. The number of likely N-dealkylation sites (tertiary alicyclic amines) is 1. The van der Waals surface area contributed by atoms with Gasteiger partial charge < -0.3 is 5.32 Å². The molecule has 18 heavy (non-hydrogen) atoms. The van der Waals surface area contributed by atoms with Gasteiger partial charge in [0.15, 0.2) is 0 Å². The monoisotopic (exact) mass is 266 g/mol. The molecule has 0 aliphatic carbocycles. The van der Waals surface area contributed by atoms with Gasteiger partial charge in [-0.25, -0.2) is 0 Å². The largest absolute Gasteiger partial charge is 0.390 e. The molecule has 2 nitrogen and oxygen atoms in total. The van der Waals surface area contributed by atoms with E-state index in [0.717, 1.165) is 19.5 Å². The Hall–Kier alpha value is -0.290. The predicted molar refractivity (Wildman–Crippen MR) is 67.5 cm³/mol. The molecule has 0 saturated carbocycles. The number of halogens is 3. The molecule has 0 aromatic rings. The SMILES string of the molecule is CCNC1CCN(C(C)CC(F)(F)F)C(C)C1C. The molecular weight excluding hydrogens is 241 g/mol. The van der Waals surface area contributed by atoms with Crippen molar-refractivity contribution in [1.29, 1.82) is 0 Å². The molecule has 1 fully saturated rings. The van der Waals surface area contributed by atoms with Crippen LogP contribution < -0.4 is 5.32 Å². The summed E-state index contributed by atoms with van der Waals surface area (Å²) in [6.45, 7) is 9.59. The summed E-state index contributed by atoms with van der Waals surface area (Å²) in [5.41, 5.74) is 0. The van der Waals surface area contributed by atoms with Gasteiger partial charge in [0, 0.05) is 24.7 Å². The van der Waals surface area contributed by atoms with Crippen LogP contribution in [0.2, 0.25) is 0 Å². The van der Waals surface area contributed by atoms with E-state index < -0.39 is 18.6 Å². The van der Waals surface area contributed by atoms with Crippen LogP contribution in [0.5, 0.6) is 0 Å². The Morgan fingerprint density at radius 1 is 1.33 bits per heavy atom. The molecule has 4 atom stereocenters. The number of piperidine rings is 1. The first-order valence-corrected chi connectivity index (χ1v) is 6.82. The van der Waals surface area contributed by atoms with E-state index in [-0.39, 0.29) is 6.04 Å². The lowest BCUT2D eigenvalue weighted by Crippen LogP contribution is -2.56. The average molecular weight is 266 g/mol. The fourth-order valence-corrected chi connectivity index (χ4v) is 3.02. The van der Waals surface area contributed by atoms with E-state index >= 15 is 0 Å². The minimum atomic E-state index is -4.07. The lowest BCUT2D eigenvalue weighted by molar-refractivity contribution is -0.150. The zero-order chi connectivity index (χ0) is 13.9. The molecule has 1 saturated heterocycles. The fraction of sp³-hybridized carbons (Fsp3) is 1.00. The van der Waals surface area contributed by atoms with Crippen LogP contribution >= 0.6 is 0 Å². The lowest BCUT2D eigenvalue weighted by Gasteiger charge is -2.46. The van der Waals surface area contributed by atoms with Crippen molar-refractivity contribution in [2.45, 2.75) is 64.8 Å². The number of nitrogens with one attached hydrogen (secondary N) is 1. The van der Waals surface area contributed by atoms with Gasteiger partial charge in [-0.2, -0.15) is 13.2 Å². The molecule has 1 heterocycles. The molecule has 0 amide bonds. The number of alkyl halides is 3. The zero-order valence-electron chi connectivity index (χ0n) is 11.7. The number of rotatable bonds is 4. The highest BCUT2D eigenvalue weighted by Crippen LogP contribution is 2.30. The van der Waals surface area contributed by atoms with Crippen molar-refractivity contribution in [3.05, 3.63) is 0 Å². The van der Waals surface area contributed by atoms with Crippen molar-refractivity contribution in [3.63, 3.8) is 0 Å². The van der Waals surface area contributed by atoms with Gasteiger partial charge in [0.1, 0.15) is 0 Å². The van der Waals surface area contributed by atoms with E-state index in [9.17, 15) is 13.2 Å². The minimum Gasteiger partial charge on any atom is -0.314 e. The molecular formula is C13H25F3N2. The van der Waals surface area contributed by atoms with E-state index in [0.29, 0.717) is 12.0 Å². The second kappa shape index (κ2) is 6.24. The summed E-state index contributed by atoms with van der Waals surface area (Å²) in [6.07, 6.45) is -3.85. The molecule has 4 unspecified atom stereocenters. The molecule has 0 aromatic heterocycles. The Morgan fingerprint density at radius 3 is 2.44 bits per heavy atom. The lowest BCUT2D eigenvalue weighted by atomic mass is 9.86. The Kier molecular flexibility index (Phi) is 5.46. The third kappa shape index (κ3) is 4.12. The van der Waals surface area contributed by atoms with Crippen molar-refractivity contribution in [3.8, 4) is 0 Å². The summed E-state index contributed by atoms with van der Waals surface area (Å²) in [5.74, 6) is 0.384. The summed E-state index contributed by atoms with van der Waals surface area (Å²) in [4.78, 5) is 2.01. The first kappa shape index (κ1) is 15.8. The van der Waals surface area contributed by atoms with Crippen molar-refractivity contribution >= 4 is 0 Å². The molecule has 1 N–H and O–H groups in total. The fourth-order valence-electron chi connectivity index (χ4n) is 3.02. The second-order valence-electron chi connectivity index (χ2n) is 5.46. The third-order valence-electron chi connectivity index (χ3n) is 4.18. The molecule has 1 rings (SSSR count). The number of nitrogens with zero attached hydrogens (tertiary/aromatic N) is 1. The highest BCUT2D eigenvalue weighted by Gasteiger charge is 2.38. The first-order chi connectivity index (χ1) is 8.26. The standard InChI is InChI=1S/C13H25F3N2/c1-5-17-12-6-7-18(11(4)10(12)3)9(2)8-13(14,15)16/h9-12,17H,5-8H2,1-4H3. The van der Waals surface area contributed by atoms with E-state index in [1.54, 1.807) is 6.92 Å². The maximum absolute atomic E-state index is 12.4. The molecule has 1 aliphatic heterocycles. The van der Waals surface area contributed by atoms with Crippen LogP contribution in [-0.4, -0.2) is 42.3 Å². The van der Waals surface area contributed by atoms with Crippen molar-refractivity contribution < 1.29 is 13.2 Å². The molecule has 1 aliphatic rings. The maximum atomic E-state index is 12.4. The van der Waals surface area contributed by atoms with Crippen LogP contribution in [0.3, 0.4) is 0 Å². The van der Waals surface area contributed by atoms with Crippen LogP contribution in [0, 0.1) is 5.92 Å². The summed E-state index contributed by atoms with van der Waals surface area (Å²) in [6, 6.07) is 0.199. The van der Waals surface area contributed by atoms with Gasteiger partial charge in [0.2, 0.25) is 0 Å². The van der Waals surface area contributed by atoms with E-state index in [2.05, 4.69) is 19.2 Å². The van der Waals surface area contributed by atoms with E-state index in [1.165, 1.54) is 0 Å². The van der Waals surface area contributed by atoms with Gasteiger partial charge in [-0.05, 0) is 32.7 Å². The third-order valence-corrected chi connectivity index (χ3v) is 4.18. The smallest absolute Gasteiger partial charge is 0.314 e. The van der Waals surface area contributed by atoms with Crippen LogP contribution in [-0.2, 0) is 0 Å². The van der Waals surface area contributed by atoms with Gasteiger partial charge in [0.05, 0.1) is 6.42 Å². The number of hydrogen-bond donors (Lipinski definition) is 1. The van der Waals surface area contributed by atoms with Gasteiger partial charge in [0.25, 0.3) is 0 Å². The minimum absolute atomic E-state index is 0.195. The highest BCUT2D eigenvalue weighted by atomic mass is 19.4. The summed E-state index contributed by atoms with van der Waals surface area (Å²) < 4.78 is 37.3. The zero-order valence-corrected chi connectivity index (χ0v) is 11.7. The second-order valence-corrected chi connectivity index (χ2v) is 5.46. The first-order valence-electron chi connectivity index (χ1n) is 6.82. The van der Waals surface area contributed by atoms with Gasteiger partial charge in [-0.15, -0.1) is 0 Å². The quantitative estimate of drug-likeness (QED) is 0.841. The topological polar surface area (TPSA) is 15.3 Å². The van der Waals surface area contributed by atoms with E-state index in [1.807, 2.05) is 11.8 Å². The van der Waals surface area contributed by atoms with Crippen molar-refractivity contribution in [2.24, 2.45) is 5.92 Å². The van der Waals surface area contributed by atoms with Gasteiger partial charge >= 0.3 is 6.18 Å². The number of hydrogen-bond acceptors (Lipinski definition) is 2. The van der Waals surface area contributed by atoms with Crippen LogP contribution in [0.15, 0.2) is 0 Å². The van der Waals surface area contributed by atoms with Crippen molar-refractivity contribution in [2.75, 3.05) is 13.1 Å². The molecule has 108 valence electrons. The van der Waals surface area contributed by atoms with Crippen LogP contribution in [0.1, 0.15) is 40.5 Å². The Balaban J connectivity index is 2.59. The molecule has 0 bridgehead atoms. The molecule has 0 radical (unpaired) electrons. The highest BCUT2D eigenvalue weighted by molar-refractivity contribution is 4.90. The van der Waals surface area contributed by atoms with Crippen molar-refractivity contribution in [1.82, 2.24) is 10.2 Å². The Morgan fingerprint density at radius 2 is 1.94 bits per heavy atom. The molecule has 5 heteroatoms. The van der Waals surface area contributed by atoms with E-state index in [4.69, 9.17) is 0 Å². The Labute approximate surface area is 108 Å². The van der Waals surface area contributed by atoms with Gasteiger partial charge in [-0.1, -0.05) is 13.8 Å². The summed E-state index contributed by atoms with van der Waals surface area (Å²) in [5, 5.41) is 3.42. The van der Waals surface area contributed by atoms with Gasteiger partial charge in [-0.3, -0.25) is 4.90 Å². The summed E-state index contributed by atoms with van der Waals surface area (Å²) >= 11 is 0. The van der Waals surface area contributed by atoms with Crippen LogP contribution in [0.25, 0.3) is 0 Å². The predicted octanol–water partition coefficient (Wildman–Crippen LogP) is 3.04. The normalized spacial score (nSPS) is 32.5. The maximum Gasteiger partial charge on any atom is 0.390 e. The molecule has 0 aromatic carbocycles. The van der Waals surface area contributed by atoms with Crippen LogP contribution in [0.4, 0.5) is 13.2 Å². The summed E-state index contributed by atoms with van der Waals surface area (Å²) in [7, 11) is 0. The Bertz CT molecular complexity index is 255. The average Bonchev–Trinajstić information content (AvgIpc) is 2.22.